The summed E-state index contributed by atoms with van der Waals surface area (Å²) < 4.78 is 22.5. The monoisotopic (exact) mass is 230 g/mol. The highest BCUT2D eigenvalue weighted by molar-refractivity contribution is 4.88. The molecule has 4 nitrogen and oxygen atoms in total. The molecule has 0 aromatic heterocycles. The SMILES string of the molecule is CO[C@]1(C)CC[C@@H]([C@H]2CC[C@](C)(OC)O2)O1. The quantitative estimate of drug-likeness (QED) is 0.743. The minimum absolute atomic E-state index is 0.141. The number of methoxy groups -OCH3 is 2. The van der Waals surface area contributed by atoms with Crippen LogP contribution in [0.1, 0.15) is 39.5 Å². The maximum Gasteiger partial charge on any atom is 0.165 e. The van der Waals surface area contributed by atoms with Crippen LogP contribution in [0.25, 0.3) is 0 Å². The van der Waals surface area contributed by atoms with Crippen molar-refractivity contribution in [2.75, 3.05) is 14.2 Å². The summed E-state index contributed by atoms with van der Waals surface area (Å²) >= 11 is 0. The summed E-state index contributed by atoms with van der Waals surface area (Å²) in [6.45, 7) is 3.97. The van der Waals surface area contributed by atoms with Gasteiger partial charge in [0.2, 0.25) is 0 Å². The summed E-state index contributed by atoms with van der Waals surface area (Å²) in [6, 6.07) is 0. The van der Waals surface area contributed by atoms with Gasteiger partial charge in [0.1, 0.15) is 0 Å². The highest BCUT2D eigenvalue weighted by Gasteiger charge is 2.46. The van der Waals surface area contributed by atoms with Crippen molar-refractivity contribution in [2.45, 2.75) is 63.3 Å². The summed E-state index contributed by atoms with van der Waals surface area (Å²) in [6.07, 6.45) is 4.13. The smallest absolute Gasteiger partial charge is 0.165 e. The number of rotatable bonds is 3. The fourth-order valence-electron chi connectivity index (χ4n) is 2.51. The Morgan fingerprint density at radius 2 is 1.25 bits per heavy atom. The minimum atomic E-state index is -0.430. The highest BCUT2D eigenvalue weighted by Crippen LogP contribution is 2.39. The Labute approximate surface area is 97.2 Å². The fraction of sp³-hybridized carbons (Fsp3) is 1.00. The lowest BCUT2D eigenvalue weighted by molar-refractivity contribution is -0.246. The van der Waals surface area contributed by atoms with Gasteiger partial charge >= 0.3 is 0 Å². The first-order valence-electron chi connectivity index (χ1n) is 5.96. The molecule has 2 aliphatic heterocycles. The van der Waals surface area contributed by atoms with Gasteiger partial charge in [-0.3, -0.25) is 0 Å². The van der Waals surface area contributed by atoms with Crippen LogP contribution in [-0.4, -0.2) is 38.0 Å². The second-order valence-electron chi connectivity index (χ2n) is 5.07. The molecule has 4 heteroatoms. The fourth-order valence-corrected chi connectivity index (χ4v) is 2.51. The summed E-state index contributed by atoms with van der Waals surface area (Å²) in [5.74, 6) is -0.861. The molecule has 0 spiro atoms. The molecular formula is C12H22O4. The van der Waals surface area contributed by atoms with E-state index in [4.69, 9.17) is 18.9 Å². The second kappa shape index (κ2) is 4.26. The number of hydrogen-bond donors (Lipinski definition) is 0. The van der Waals surface area contributed by atoms with Crippen molar-refractivity contribution in [3.05, 3.63) is 0 Å². The Bertz CT molecular complexity index is 231. The van der Waals surface area contributed by atoms with Crippen molar-refractivity contribution < 1.29 is 18.9 Å². The molecule has 0 radical (unpaired) electrons. The molecule has 94 valence electrons. The Morgan fingerprint density at radius 1 is 0.875 bits per heavy atom. The summed E-state index contributed by atoms with van der Waals surface area (Å²) in [5.41, 5.74) is 0. The normalized spacial score (nSPS) is 48.8. The van der Waals surface area contributed by atoms with E-state index in [-0.39, 0.29) is 12.2 Å². The van der Waals surface area contributed by atoms with Crippen LogP contribution >= 0.6 is 0 Å². The largest absolute Gasteiger partial charge is 0.353 e. The predicted octanol–water partition coefficient (Wildman–Crippen LogP) is 2.07. The minimum Gasteiger partial charge on any atom is -0.353 e. The van der Waals surface area contributed by atoms with Gasteiger partial charge in [0.15, 0.2) is 11.6 Å². The topological polar surface area (TPSA) is 36.9 Å². The van der Waals surface area contributed by atoms with Crippen LogP contribution in [-0.2, 0) is 18.9 Å². The molecule has 2 aliphatic rings. The van der Waals surface area contributed by atoms with Gasteiger partial charge < -0.3 is 18.9 Å². The second-order valence-corrected chi connectivity index (χ2v) is 5.07. The van der Waals surface area contributed by atoms with Crippen molar-refractivity contribution >= 4 is 0 Å². The molecule has 0 saturated carbocycles. The molecule has 0 aromatic carbocycles. The van der Waals surface area contributed by atoms with Crippen LogP contribution < -0.4 is 0 Å². The third kappa shape index (κ3) is 2.25. The third-order valence-corrected chi connectivity index (χ3v) is 3.85. The molecule has 2 heterocycles. The van der Waals surface area contributed by atoms with E-state index in [1.165, 1.54) is 0 Å². The van der Waals surface area contributed by atoms with E-state index in [1.54, 1.807) is 14.2 Å². The van der Waals surface area contributed by atoms with Crippen LogP contribution in [0.5, 0.6) is 0 Å². The van der Waals surface area contributed by atoms with Crippen LogP contribution in [0.15, 0.2) is 0 Å². The lowest BCUT2D eigenvalue weighted by Gasteiger charge is -2.27. The average Bonchev–Trinajstić information content (AvgIpc) is 2.84. The Kier molecular flexibility index (Phi) is 3.27. The first-order valence-corrected chi connectivity index (χ1v) is 5.96. The van der Waals surface area contributed by atoms with Gasteiger partial charge in [-0.15, -0.1) is 0 Å². The maximum absolute atomic E-state index is 5.92. The standard InChI is InChI=1S/C12H22O4/c1-11(13-3)7-5-9(15-11)10-6-8-12(2,14-4)16-10/h9-10H,5-8H2,1-4H3/t9-,10+,11-,12+. The van der Waals surface area contributed by atoms with Gasteiger partial charge in [-0.1, -0.05) is 0 Å². The highest BCUT2D eigenvalue weighted by atomic mass is 16.7. The molecule has 0 aromatic rings. The van der Waals surface area contributed by atoms with E-state index in [1.807, 2.05) is 13.8 Å². The molecule has 4 atom stereocenters. The zero-order valence-electron chi connectivity index (χ0n) is 10.6. The van der Waals surface area contributed by atoms with Gasteiger partial charge in [-0.2, -0.15) is 0 Å². The molecule has 2 rings (SSSR count). The number of ether oxygens (including phenoxy) is 4. The van der Waals surface area contributed by atoms with Crippen LogP contribution in [0.4, 0.5) is 0 Å². The molecule has 0 amide bonds. The van der Waals surface area contributed by atoms with Crippen molar-refractivity contribution in [3.8, 4) is 0 Å². The first-order chi connectivity index (χ1) is 7.50. The predicted molar refractivity (Wildman–Crippen MR) is 59.0 cm³/mol. The Hall–Kier alpha value is -0.160. The molecule has 0 aliphatic carbocycles. The zero-order valence-corrected chi connectivity index (χ0v) is 10.6. The molecule has 0 bridgehead atoms. The summed E-state index contributed by atoms with van der Waals surface area (Å²) in [4.78, 5) is 0. The van der Waals surface area contributed by atoms with Crippen LogP contribution in [0.3, 0.4) is 0 Å². The van der Waals surface area contributed by atoms with Gasteiger partial charge in [0.05, 0.1) is 12.2 Å². The third-order valence-electron chi connectivity index (χ3n) is 3.85. The van der Waals surface area contributed by atoms with Crippen molar-refractivity contribution in [1.29, 1.82) is 0 Å². The van der Waals surface area contributed by atoms with E-state index in [0.29, 0.717) is 0 Å². The zero-order chi connectivity index (χ0) is 11.8. The van der Waals surface area contributed by atoms with E-state index in [9.17, 15) is 0 Å². The van der Waals surface area contributed by atoms with E-state index in [2.05, 4.69) is 0 Å². The Balaban J connectivity index is 1.92. The van der Waals surface area contributed by atoms with Gasteiger partial charge in [-0.25, -0.2) is 0 Å². The van der Waals surface area contributed by atoms with E-state index < -0.39 is 11.6 Å². The molecule has 0 N–H and O–H groups in total. The van der Waals surface area contributed by atoms with Gasteiger partial charge in [0, 0.05) is 27.1 Å². The Morgan fingerprint density at radius 3 is 1.50 bits per heavy atom. The average molecular weight is 230 g/mol. The lowest BCUT2D eigenvalue weighted by Crippen LogP contribution is -2.35. The van der Waals surface area contributed by atoms with E-state index >= 15 is 0 Å². The van der Waals surface area contributed by atoms with Crippen molar-refractivity contribution in [3.63, 3.8) is 0 Å². The summed E-state index contributed by atoms with van der Waals surface area (Å²) in [7, 11) is 3.38. The molecule has 0 unspecified atom stereocenters. The van der Waals surface area contributed by atoms with Crippen LogP contribution in [0.2, 0.25) is 0 Å². The molecule has 16 heavy (non-hydrogen) atoms. The van der Waals surface area contributed by atoms with Crippen molar-refractivity contribution in [1.82, 2.24) is 0 Å². The maximum atomic E-state index is 5.92. The number of hydrogen-bond acceptors (Lipinski definition) is 4. The summed E-state index contributed by atoms with van der Waals surface area (Å²) in [5, 5.41) is 0. The van der Waals surface area contributed by atoms with Crippen molar-refractivity contribution in [2.24, 2.45) is 0 Å². The molecule has 2 saturated heterocycles. The van der Waals surface area contributed by atoms with E-state index in [0.717, 1.165) is 25.7 Å². The van der Waals surface area contributed by atoms with Gasteiger partial charge in [0.25, 0.3) is 0 Å². The molecule has 2 fully saturated rings. The van der Waals surface area contributed by atoms with Crippen LogP contribution in [0, 0.1) is 0 Å². The molecular weight excluding hydrogens is 208 g/mol. The lowest BCUT2D eigenvalue weighted by atomic mass is 10.1. The first kappa shape index (κ1) is 12.3. The van der Waals surface area contributed by atoms with Gasteiger partial charge in [-0.05, 0) is 26.7 Å².